The number of amides is 2. The first kappa shape index (κ1) is 18.1. The van der Waals surface area contributed by atoms with Crippen molar-refractivity contribution in [3.05, 3.63) is 0 Å². The molecule has 2 rings (SSSR count). The van der Waals surface area contributed by atoms with E-state index in [0.29, 0.717) is 0 Å². The standard InChI is InChI=1S/C14H24N2O7/c1-13(2)20-6-7(16-12(19)11(15)18)9(22-13)10-8(5-17)21-14(3,4)23-10/h7-10,17H,5-6H2,1-4H3,(H2,15,18)(H,16,19)/t7-,8-,9?,10-/m1/s1. The Morgan fingerprint density at radius 3 is 2.30 bits per heavy atom. The van der Waals surface area contributed by atoms with Gasteiger partial charge in [-0.05, 0) is 27.7 Å². The van der Waals surface area contributed by atoms with Gasteiger partial charge in [-0.15, -0.1) is 0 Å². The SMILES string of the molecule is CC1(C)OC[C@@H](NC(=O)C(N)=O)C([C@@H]2OC(C)(C)O[C@@H]2CO)O1. The largest absolute Gasteiger partial charge is 0.394 e. The molecule has 9 heteroatoms. The van der Waals surface area contributed by atoms with Gasteiger partial charge in [-0.25, -0.2) is 0 Å². The molecule has 0 aromatic heterocycles. The number of nitrogens with two attached hydrogens (primary N) is 1. The van der Waals surface area contributed by atoms with E-state index in [4.69, 9.17) is 24.7 Å². The molecule has 4 atom stereocenters. The second-order valence-corrected chi connectivity index (χ2v) is 6.56. The number of primary amides is 1. The molecule has 2 amide bonds. The molecule has 0 aliphatic carbocycles. The molecular formula is C14H24N2O7. The van der Waals surface area contributed by atoms with Gasteiger partial charge in [-0.3, -0.25) is 9.59 Å². The normalized spacial score (nSPS) is 35.7. The molecule has 2 aliphatic rings. The van der Waals surface area contributed by atoms with Crippen molar-refractivity contribution in [3.63, 3.8) is 0 Å². The van der Waals surface area contributed by atoms with Crippen molar-refractivity contribution in [1.29, 1.82) is 0 Å². The summed E-state index contributed by atoms with van der Waals surface area (Å²) in [6.07, 6.45) is -1.95. The minimum absolute atomic E-state index is 0.106. The Labute approximate surface area is 134 Å². The lowest BCUT2D eigenvalue weighted by atomic mass is 9.99. The quantitative estimate of drug-likeness (QED) is 0.543. The van der Waals surface area contributed by atoms with E-state index < -0.39 is 47.7 Å². The number of aliphatic hydroxyl groups is 1. The van der Waals surface area contributed by atoms with Crippen LogP contribution in [0.4, 0.5) is 0 Å². The van der Waals surface area contributed by atoms with Crippen LogP contribution in [-0.4, -0.2) is 66.1 Å². The van der Waals surface area contributed by atoms with Crippen LogP contribution in [0.25, 0.3) is 0 Å². The van der Waals surface area contributed by atoms with E-state index in [1.807, 2.05) is 0 Å². The van der Waals surface area contributed by atoms with Crippen LogP contribution in [-0.2, 0) is 28.5 Å². The Balaban J connectivity index is 2.21. The molecule has 132 valence electrons. The molecule has 0 spiro atoms. The van der Waals surface area contributed by atoms with E-state index in [-0.39, 0.29) is 13.2 Å². The number of hydrogen-bond acceptors (Lipinski definition) is 7. The predicted octanol–water partition coefficient (Wildman–Crippen LogP) is -1.38. The molecule has 2 saturated heterocycles. The summed E-state index contributed by atoms with van der Waals surface area (Å²) in [7, 11) is 0. The van der Waals surface area contributed by atoms with Gasteiger partial charge in [0.1, 0.15) is 18.3 Å². The summed E-state index contributed by atoms with van der Waals surface area (Å²) in [4.78, 5) is 22.6. The smallest absolute Gasteiger partial charge is 0.309 e. The summed E-state index contributed by atoms with van der Waals surface area (Å²) in [5, 5.41) is 12.0. The van der Waals surface area contributed by atoms with Crippen molar-refractivity contribution in [2.75, 3.05) is 13.2 Å². The number of carbonyl (C=O) groups is 2. The monoisotopic (exact) mass is 332 g/mol. The second kappa shape index (κ2) is 6.33. The van der Waals surface area contributed by atoms with Gasteiger partial charge < -0.3 is 35.1 Å². The van der Waals surface area contributed by atoms with E-state index in [1.54, 1.807) is 27.7 Å². The highest BCUT2D eigenvalue weighted by Gasteiger charge is 2.51. The average molecular weight is 332 g/mol. The molecule has 0 radical (unpaired) electrons. The maximum atomic E-state index is 11.6. The molecule has 0 saturated carbocycles. The first-order chi connectivity index (χ1) is 10.5. The third-order valence-electron chi connectivity index (χ3n) is 3.69. The summed E-state index contributed by atoms with van der Waals surface area (Å²) in [5.74, 6) is -3.85. The van der Waals surface area contributed by atoms with Gasteiger partial charge in [0, 0.05) is 0 Å². The van der Waals surface area contributed by atoms with Gasteiger partial charge in [0.15, 0.2) is 11.6 Å². The van der Waals surface area contributed by atoms with Gasteiger partial charge in [0.05, 0.1) is 19.3 Å². The zero-order valence-electron chi connectivity index (χ0n) is 13.7. The Hall–Kier alpha value is -1.26. The highest BCUT2D eigenvalue weighted by Crippen LogP contribution is 2.35. The Bertz CT molecular complexity index is 480. The second-order valence-electron chi connectivity index (χ2n) is 6.56. The van der Waals surface area contributed by atoms with Crippen LogP contribution in [0.3, 0.4) is 0 Å². The lowest BCUT2D eigenvalue weighted by molar-refractivity contribution is -0.302. The zero-order chi connectivity index (χ0) is 17.4. The zero-order valence-corrected chi connectivity index (χ0v) is 13.7. The molecule has 0 aromatic rings. The van der Waals surface area contributed by atoms with Crippen molar-refractivity contribution in [3.8, 4) is 0 Å². The molecule has 2 heterocycles. The van der Waals surface area contributed by atoms with Gasteiger partial charge in [0.2, 0.25) is 0 Å². The van der Waals surface area contributed by atoms with E-state index in [1.165, 1.54) is 0 Å². The fourth-order valence-electron chi connectivity index (χ4n) is 2.77. The van der Waals surface area contributed by atoms with Crippen molar-refractivity contribution in [2.24, 2.45) is 5.73 Å². The number of nitrogens with one attached hydrogen (secondary N) is 1. The molecule has 0 aromatic carbocycles. The molecule has 4 N–H and O–H groups in total. The molecule has 9 nitrogen and oxygen atoms in total. The number of aliphatic hydroxyl groups excluding tert-OH is 1. The molecule has 1 unspecified atom stereocenters. The number of carbonyl (C=O) groups excluding carboxylic acids is 2. The first-order valence-electron chi connectivity index (χ1n) is 7.43. The van der Waals surface area contributed by atoms with E-state index in [2.05, 4.69) is 5.32 Å². The summed E-state index contributed by atoms with van der Waals surface area (Å²) in [5.41, 5.74) is 4.97. The van der Waals surface area contributed by atoms with Crippen molar-refractivity contribution in [2.45, 2.75) is 63.6 Å². The number of rotatable bonds is 3. The molecular weight excluding hydrogens is 308 g/mol. The van der Waals surface area contributed by atoms with E-state index in [0.717, 1.165) is 0 Å². The van der Waals surface area contributed by atoms with Crippen LogP contribution in [0.2, 0.25) is 0 Å². The minimum atomic E-state index is -1.10. The topological polar surface area (TPSA) is 129 Å². The van der Waals surface area contributed by atoms with Gasteiger partial charge >= 0.3 is 11.8 Å². The number of ether oxygens (including phenoxy) is 4. The summed E-state index contributed by atoms with van der Waals surface area (Å²) in [6, 6.07) is -0.667. The third kappa shape index (κ3) is 4.18. The Morgan fingerprint density at radius 2 is 1.74 bits per heavy atom. The summed E-state index contributed by atoms with van der Waals surface area (Å²) < 4.78 is 22.9. The highest BCUT2D eigenvalue weighted by molar-refractivity contribution is 6.34. The average Bonchev–Trinajstić information content (AvgIpc) is 2.75. The summed E-state index contributed by atoms with van der Waals surface area (Å²) >= 11 is 0. The predicted molar refractivity (Wildman–Crippen MR) is 76.9 cm³/mol. The first-order valence-corrected chi connectivity index (χ1v) is 7.43. The molecule has 2 aliphatic heterocycles. The van der Waals surface area contributed by atoms with Crippen LogP contribution >= 0.6 is 0 Å². The summed E-state index contributed by atoms with van der Waals surface area (Å²) in [6.45, 7) is 6.72. The minimum Gasteiger partial charge on any atom is -0.394 e. The fraction of sp³-hybridized carbons (Fsp3) is 0.857. The maximum absolute atomic E-state index is 11.6. The van der Waals surface area contributed by atoms with Crippen LogP contribution < -0.4 is 11.1 Å². The Morgan fingerprint density at radius 1 is 1.13 bits per heavy atom. The maximum Gasteiger partial charge on any atom is 0.309 e. The fourth-order valence-corrected chi connectivity index (χ4v) is 2.77. The lowest BCUT2D eigenvalue weighted by Gasteiger charge is -2.43. The van der Waals surface area contributed by atoms with Gasteiger partial charge in [-0.1, -0.05) is 0 Å². The molecule has 23 heavy (non-hydrogen) atoms. The highest BCUT2D eigenvalue weighted by atomic mass is 16.8. The van der Waals surface area contributed by atoms with Gasteiger partial charge in [0.25, 0.3) is 0 Å². The molecule has 2 fully saturated rings. The lowest BCUT2D eigenvalue weighted by Crippen LogP contribution is -2.62. The Kier molecular flexibility index (Phi) is 4.97. The van der Waals surface area contributed by atoms with Crippen LogP contribution in [0.15, 0.2) is 0 Å². The van der Waals surface area contributed by atoms with E-state index in [9.17, 15) is 14.7 Å². The van der Waals surface area contributed by atoms with Crippen LogP contribution in [0.5, 0.6) is 0 Å². The van der Waals surface area contributed by atoms with Crippen molar-refractivity contribution >= 4 is 11.8 Å². The van der Waals surface area contributed by atoms with Crippen LogP contribution in [0, 0.1) is 0 Å². The van der Waals surface area contributed by atoms with Crippen molar-refractivity contribution in [1.82, 2.24) is 5.32 Å². The van der Waals surface area contributed by atoms with Crippen LogP contribution in [0.1, 0.15) is 27.7 Å². The van der Waals surface area contributed by atoms with E-state index >= 15 is 0 Å². The van der Waals surface area contributed by atoms with Gasteiger partial charge in [-0.2, -0.15) is 0 Å². The van der Waals surface area contributed by atoms with Crippen molar-refractivity contribution < 1.29 is 33.6 Å². The number of hydrogen-bond donors (Lipinski definition) is 3. The third-order valence-corrected chi connectivity index (χ3v) is 3.69. The molecule has 0 bridgehead atoms.